The van der Waals surface area contributed by atoms with Crippen molar-refractivity contribution in [2.45, 2.75) is 6.42 Å². The summed E-state index contributed by atoms with van der Waals surface area (Å²) in [7, 11) is 1.97. The van der Waals surface area contributed by atoms with Crippen molar-refractivity contribution < 1.29 is 4.79 Å². The van der Waals surface area contributed by atoms with Crippen LogP contribution in [0.25, 0.3) is 11.1 Å². The van der Waals surface area contributed by atoms with E-state index in [-0.39, 0.29) is 0 Å². The van der Waals surface area contributed by atoms with Gasteiger partial charge in [-0.1, -0.05) is 54.6 Å². The van der Waals surface area contributed by atoms with E-state index in [9.17, 15) is 4.79 Å². The largest absolute Gasteiger partial charge is 0.302 e. The van der Waals surface area contributed by atoms with E-state index in [1.807, 2.05) is 18.0 Å². The van der Waals surface area contributed by atoms with E-state index in [2.05, 4.69) is 48.5 Å². The number of carbonyl (C=O) groups is 1. The molecule has 98 valence electrons. The Morgan fingerprint density at radius 3 is 2.21 bits per heavy atom. The van der Waals surface area contributed by atoms with Crippen molar-refractivity contribution in [3.8, 4) is 11.1 Å². The summed E-state index contributed by atoms with van der Waals surface area (Å²) < 4.78 is 0. The van der Waals surface area contributed by atoms with E-state index in [4.69, 9.17) is 0 Å². The molecule has 2 aromatic rings. The summed E-state index contributed by atoms with van der Waals surface area (Å²) in [6.45, 7) is 1.41. The highest BCUT2D eigenvalue weighted by Crippen LogP contribution is 2.19. The summed E-state index contributed by atoms with van der Waals surface area (Å²) in [6.07, 6.45) is 1.91. The third-order valence-electron chi connectivity index (χ3n) is 3.23. The normalized spacial score (nSPS) is 10.6. The second-order valence-electron chi connectivity index (χ2n) is 4.74. The highest BCUT2D eigenvalue weighted by Gasteiger charge is 2.00. The Balaban J connectivity index is 1.97. The zero-order chi connectivity index (χ0) is 13.5. The van der Waals surface area contributed by atoms with E-state index < -0.39 is 0 Å². The minimum absolute atomic E-state index is 0.502. The van der Waals surface area contributed by atoms with Crippen LogP contribution in [0, 0.1) is 0 Å². The molecular formula is C17H19NO. The van der Waals surface area contributed by atoms with E-state index in [1.54, 1.807) is 0 Å². The molecule has 19 heavy (non-hydrogen) atoms. The van der Waals surface area contributed by atoms with Gasteiger partial charge in [0, 0.05) is 6.54 Å². The summed E-state index contributed by atoms with van der Waals surface area (Å²) in [5.41, 5.74) is 3.79. The maximum atomic E-state index is 10.4. The first-order chi connectivity index (χ1) is 9.29. The Morgan fingerprint density at radius 1 is 0.947 bits per heavy atom. The number of hydrogen-bond donors (Lipinski definition) is 0. The molecule has 0 aliphatic carbocycles. The SMILES string of the molecule is CN(CC=O)CCc1ccc(-c2ccccc2)cc1. The van der Waals surface area contributed by atoms with E-state index >= 15 is 0 Å². The van der Waals surface area contributed by atoms with Crippen molar-refractivity contribution in [3.63, 3.8) is 0 Å². The second-order valence-corrected chi connectivity index (χ2v) is 4.74. The molecule has 2 rings (SSSR count). The van der Waals surface area contributed by atoms with Crippen molar-refractivity contribution in [1.82, 2.24) is 4.90 Å². The number of hydrogen-bond acceptors (Lipinski definition) is 2. The van der Waals surface area contributed by atoms with Crippen LogP contribution in [-0.4, -0.2) is 31.3 Å². The summed E-state index contributed by atoms with van der Waals surface area (Å²) in [4.78, 5) is 12.4. The number of aldehydes is 1. The standard InChI is InChI=1S/C17H19NO/c1-18(13-14-19)12-11-15-7-9-17(10-8-15)16-5-3-2-4-6-16/h2-10,14H,11-13H2,1H3. The first-order valence-corrected chi connectivity index (χ1v) is 6.56. The number of nitrogens with zero attached hydrogens (tertiary/aromatic N) is 1. The molecule has 0 radical (unpaired) electrons. The minimum atomic E-state index is 0.502. The molecule has 0 atom stereocenters. The van der Waals surface area contributed by atoms with Crippen LogP contribution in [0.15, 0.2) is 54.6 Å². The smallest absolute Gasteiger partial charge is 0.133 e. The second kappa shape index (κ2) is 6.86. The van der Waals surface area contributed by atoms with Gasteiger partial charge < -0.3 is 4.79 Å². The Labute approximate surface area is 114 Å². The number of carbonyl (C=O) groups excluding carboxylic acids is 1. The maximum absolute atomic E-state index is 10.4. The van der Waals surface area contributed by atoms with Crippen LogP contribution in [0.2, 0.25) is 0 Å². The molecule has 2 nitrogen and oxygen atoms in total. The molecule has 0 spiro atoms. The lowest BCUT2D eigenvalue weighted by molar-refractivity contribution is -0.108. The molecule has 0 saturated carbocycles. The van der Waals surface area contributed by atoms with Gasteiger partial charge in [-0.25, -0.2) is 0 Å². The zero-order valence-corrected chi connectivity index (χ0v) is 11.3. The van der Waals surface area contributed by atoms with Crippen molar-refractivity contribution in [2.75, 3.05) is 20.1 Å². The average molecular weight is 253 g/mol. The first kappa shape index (κ1) is 13.5. The third-order valence-corrected chi connectivity index (χ3v) is 3.23. The van der Waals surface area contributed by atoms with Gasteiger partial charge in [-0.3, -0.25) is 4.90 Å². The fourth-order valence-electron chi connectivity index (χ4n) is 2.03. The summed E-state index contributed by atoms with van der Waals surface area (Å²) in [5, 5.41) is 0. The van der Waals surface area contributed by atoms with Gasteiger partial charge in [-0.15, -0.1) is 0 Å². The lowest BCUT2D eigenvalue weighted by atomic mass is 10.0. The molecule has 2 aromatic carbocycles. The fraction of sp³-hybridized carbons (Fsp3) is 0.235. The van der Waals surface area contributed by atoms with E-state index in [0.717, 1.165) is 19.3 Å². The van der Waals surface area contributed by atoms with Crippen LogP contribution in [0.5, 0.6) is 0 Å². The Bertz CT molecular complexity index is 505. The van der Waals surface area contributed by atoms with Crippen molar-refractivity contribution in [1.29, 1.82) is 0 Å². The van der Waals surface area contributed by atoms with Crippen molar-refractivity contribution >= 4 is 6.29 Å². The summed E-state index contributed by atoms with van der Waals surface area (Å²) in [6, 6.07) is 19.0. The molecule has 0 saturated heterocycles. The van der Waals surface area contributed by atoms with Crippen LogP contribution in [0.1, 0.15) is 5.56 Å². The molecule has 0 fully saturated rings. The van der Waals surface area contributed by atoms with Crippen LogP contribution in [0.4, 0.5) is 0 Å². The molecule has 0 aromatic heterocycles. The lowest BCUT2D eigenvalue weighted by Gasteiger charge is -2.12. The number of rotatable bonds is 6. The molecule has 0 N–H and O–H groups in total. The van der Waals surface area contributed by atoms with E-state index in [0.29, 0.717) is 6.54 Å². The molecule has 2 heteroatoms. The number of benzene rings is 2. The van der Waals surface area contributed by atoms with Gasteiger partial charge in [0.1, 0.15) is 6.29 Å². The van der Waals surface area contributed by atoms with Crippen LogP contribution >= 0.6 is 0 Å². The molecule has 0 amide bonds. The van der Waals surface area contributed by atoms with Crippen LogP contribution < -0.4 is 0 Å². The van der Waals surface area contributed by atoms with Crippen LogP contribution in [0.3, 0.4) is 0 Å². The summed E-state index contributed by atoms with van der Waals surface area (Å²) >= 11 is 0. The first-order valence-electron chi connectivity index (χ1n) is 6.56. The molecule has 0 bridgehead atoms. The highest BCUT2D eigenvalue weighted by atomic mass is 16.1. The van der Waals surface area contributed by atoms with Crippen LogP contribution in [-0.2, 0) is 11.2 Å². The lowest BCUT2D eigenvalue weighted by Crippen LogP contribution is -2.23. The maximum Gasteiger partial charge on any atom is 0.133 e. The average Bonchev–Trinajstić information content (AvgIpc) is 2.47. The van der Waals surface area contributed by atoms with Gasteiger partial charge in [-0.2, -0.15) is 0 Å². The van der Waals surface area contributed by atoms with Gasteiger partial charge in [0.2, 0.25) is 0 Å². The van der Waals surface area contributed by atoms with Gasteiger partial charge in [0.15, 0.2) is 0 Å². The molecule has 0 heterocycles. The fourth-order valence-corrected chi connectivity index (χ4v) is 2.03. The Morgan fingerprint density at radius 2 is 1.58 bits per heavy atom. The van der Waals surface area contributed by atoms with Gasteiger partial charge in [0.25, 0.3) is 0 Å². The predicted octanol–water partition coefficient (Wildman–Crippen LogP) is 3.03. The summed E-state index contributed by atoms with van der Waals surface area (Å²) in [5.74, 6) is 0. The van der Waals surface area contributed by atoms with Crippen molar-refractivity contribution in [3.05, 3.63) is 60.2 Å². The van der Waals surface area contributed by atoms with Gasteiger partial charge >= 0.3 is 0 Å². The van der Waals surface area contributed by atoms with Gasteiger partial charge in [-0.05, 0) is 30.2 Å². The monoisotopic (exact) mass is 253 g/mol. The molecular weight excluding hydrogens is 234 g/mol. The quantitative estimate of drug-likeness (QED) is 0.738. The molecule has 0 aliphatic rings. The highest BCUT2D eigenvalue weighted by molar-refractivity contribution is 5.63. The zero-order valence-electron chi connectivity index (χ0n) is 11.3. The van der Waals surface area contributed by atoms with Crippen molar-refractivity contribution in [2.24, 2.45) is 0 Å². The Hall–Kier alpha value is -1.93. The number of likely N-dealkylation sites (N-methyl/N-ethyl adjacent to an activating group) is 1. The Kier molecular flexibility index (Phi) is 4.87. The van der Waals surface area contributed by atoms with Gasteiger partial charge in [0.05, 0.1) is 6.54 Å². The van der Waals surface area contributed by atoms with E-state index in [1.165, 1.54) is 16.7 Å². The topological polar surface area (TPSA) is 20.3 Å². The third kappa shape index (κ3) is 4.04. The minimum Gasteiger partial charge on any atom is -0.302 e. The predicted molar refractivity (Wildman–Crippen MR) is 79.1 cm³/mol. The molecule has 0 aliphatic heterocycles. The molecule has 0 unspecified atom stereocenters.